The number of aryl methyl sites for hydroxylation is 1. The Kier molecular flexibility index (Phi) is 4.02. The van der Waals surface area contributed by atoms with E-state index in [1.807, 2.05) is 31.4 Å². The molecule has 0 aromatic carbocycles. The van der Waals surface area contributed by atoms with Gasteiger partial charge in [0.15, 0.2) is 5.76 Å². The average molecular weight is 313 g/mol. The van der Waals surface area contributed by atoms with Crippen molar-refractivity contribution < 1.29 is 9.21 Å². The van der Waals surface area contributed by atoms with Crippen LogP contribution in [0.5, 0.6) is 0 Å². The largest absolute Gasteiger partial charge is 0.459 e. The first-order chi connectivity index (χ1) is 10.6. The number of thiazole rings is 1. The Labute approximate surface area is 132 Å². The van der Waals surface area contributed by atoms with Crippen LogP contribution in [0.3, 0.4) is 0 Å². The number of furan rings is 1. The van der Waals surface area contributed by atoms with Gasteiger partial charge in [0.1, 0.15) is 5.01 Å². The summed E-state index contributed by atoms with van der Waals surface area (Å²) in [5.74, 6) is 0.115. The lowest BCUT2D eigenvalue weighted by molar-refractivity contribution is 0.0911. The van der Waals surface area contributed by atoms with Crippen LogP contribution in [0.4, 0.5) is 0 Å². The molecular weight excluding hydrogens is 298 g/mol. The Morgan fingerprint density at radius 1 is 1.41 bits per heavy atom. The van der Waals surface area contributed by atoms with E-state index < -0.39 is 0 Å². The topological polar surface area (TPSA) is 68.0 Å². The third kappa shape index (κ3) is 2.92. The van der Waals surface area contributed by atoms with Gasteiger partial charge in [-0.1, -0.05) is 0 Å². The van der Waals surface area contributed by atoms with Crippen LogP contribution in [0.2, 0.25) is 0 Å². The van der Waals surface area contributed by atoms with Crippen LogP contribution in [-0.4, -0.2) is 15.9 Å². The van der Waals surface area contributed by atoms with Crippen LogP contribution in [0.25, 0.3) is 11.3 Å². The van der Waals surface area contributed by atoms with E-state index in [-0.39, 0.29) is 11.9 Å². The van der Waals surface area contributed by atoms with Crippen molar-refractivity contribution in [2.45, 2.75) is 19.9 Å². The standard InChI is InChI=1S/C16H15N3O2S/c1-10-5-7-21-14(10)15(20)18-11(2)16-19-13(9-22-16)12-4-3-6-17-8-12/h3-9,11H,1-2H3,(H,18,20)/t11-/m0/s1. The first-order valence-corrected chi connectivity index (χ1v) is 7.74. The second kappa shape index (κ2) is 6.11. The normalized spacial score (nSPS) is 12.1. The van der Waals surface area contributed by atoms with Crippen LogP contribution in [0.15, 0.2) is 46.7 Å². The molecule has 0 aliphatic carbocycles. The van der Waals surface area contributed by atoms with E-state index in [1.165, 1.54) is 17.6 Å². The first kappa shape index (κ1) is 14.5. The van der Waals surface area contributed by atoms with Crippen LogP contribution in [0, 0.1) is 6.92 Å². The summed E-state index contributed by atoms with van der Waals surface area (Å²) in [6, 6.07) is 5.41. The Morgan fingerprint density at radius 3 is 2.95 bits per heavy atom. The third-order valence-electron chi connectivity index (χ3n) is 3.27. The Bertz CT molecular complexity index is 780. The molecule has 112 valence electrons. The van der Waals surface area contributed by atoms with Gasteiger partial charge in [0.2, 0.25) is 0 Å². The SMILES string of the molecule is Cc1ccoc1C(=O)N[C@@H](C)c1nc(-c2cccnc2)cs1. The summed E-state index contributed by atoms with van der Waals surface area (Å²) in [5.41, 5.74) is 2.65. The molecule has 0 radical (unpaired) electrons. The molecule has 1 N–H and O–H groups in total. The summed E-state index contributed by atoms with van der Waals surface area (Å²) in [4.78, 5) is 20.8. The molecule has 0 fully saturated rings. The van der Waals surface area contributed by atoms with E-state index in [9.17, 15) is 4.79 Å². The van der Waals surface area contributed by atoms with E-state index in [0.717, 1.165) is 21.8 Å². The van der Waals surface area contributed by atoms with Crippen molar-refractivity contribution in [3.8, 4) is 11.3 Å². The molecular formula is C16H15N3O2S. The number of amides is 1. The molecule has 0 spiro atoms. The van der Waals surface area contributed by atoms with Gasteiger partial charge in [-0.25, -0.2) is 4.98 Å². The van der Waals surface area contributed by atoms with E-state index >= 15 is 0 Å². The Morgan fingerprint density at radius 2 is 2.27 bits per heavy atom. The molecule has 3 aromatic rings. The third-order valence-corrected chi connectivity index (χ3v) is 4.29. The van der Waals surface area contributed by atoms with Gasteiger partial charge in [0, 0.05) is 28.9 Å². The summed E-state index contributed by atoms with van der Waals surface area (Å²) in [5, 5.41) is 5.71. The van der Waals surface area contributed by atoms with Crippen molar-refractivity contribution >= 4 is 17.2 Å². The number of hydrogen-bond donors (Lipinski definition) is 1. The molecule has 6 heteroatoms. The zero-order valence-electron chi connectivity index (χ0n) is 12.2. The molecule has 1 amide bonds. The lowest BCUT2D eigenvalue weighted by atomic mass is 10.2. The fourth-order valence-electron chi connectivity index (χ4n) is 2.06. The highest BCUT2D eigenvalue weighted by atomic mass is 32.1. The zero-order valence-corrected chi connectivity index (χ0v) is 13.1. The monoisotopic (exact) mass is 313 g/mol. The van der Waals surface area contributed by atoms with Crippen molar-refractivity contribution in [1.82, 2.24) is 15.3 Å². The predicted molar refractivity (Wildman–Crippen MR) is 84.7 cm³/mol. The fourth-order valence-corrected chi connectivity index (χ4v) is 2.90. The van der Waals surface area contributed by atoms with Gasteiger partial charge >= 0.3 is 0 Å². The van der Waals surface area contributed by atoms with E-state index in [1.54, 1.807) is 18.5 Å². The number of carbonyl (C=O) groups excluding carboxylic acids is 1. The summed E-state index contributed by atoms with van der Waals surface area (Å²) < 4.78 is 5.20. The Balaban J connectivity index is 1.73. The number of hydrogen-bond acceptors (Lipinski definition) is 5. The minimum atomic E-state index is -0.229. The number of nitrogens with one attached hydrogen (secondary N) is 1. The molecule has 0 aliphatic rings. The second-order valence-corrected chi connectivity index (χ2v) is 5.83. The molecule has 0 saturated carbocycles. The Hall–Kier alpha value is -2.47. The summed E-state index contributed by atoms with van der Waals surface area (Å²) >= 11 is 1.51. The van der Waals surface area contributed by atoms with E-state index in [4.69, 9.17) is 4.42 Å². The highest BCUT2D eigenvalue weighted by Gasteiger charge is 2.18. The highest BCUT2D eigenvalue weighted by Crippen LogP contribution is 2.25. The van der Waals surface area contributed by atoms with Crippen molar-refractivity contribution in [2.24, 2.45) is 0 Å². The minimum Gasteiger partial charge on any atom is -0.459 e. The lowest BCUT2D eigenvalue weighted by Crippen LogP contribution is -2.26. The maximum atomic E-state index is 12.1. The fraction of sp³-hybridized carbons (Fsp3) is 0.188. The highest BCUT2D eigenvalue weighted by molar-refractivity contribution is 7.10. The maximum absolute atomic E-state index is 12.1. The van der Waals surface area contributed by atoms with E-state index in [0.29, 0.717) is 5.76 Å². The molecule has 0 bridgehead atoms. The van der Waals surface area contributed by atoms with Crippen molar-refractivity contribution in [3.05, 3.63) is 58.6 Å². The van der Waals surface area contributed by atoms with Crippen LogP contribution in [0.1, 0.15) is 34.1 Å². The summed E-state index contributed by atoms with van der Waals surface area (Å²) in [6.07, 6.45) is 5.01. The molecule has 0 aliphatic heterocycles. The number of aromatic nitrogens is 2. The van der Waals surface area contributed by atoms with Crippen LogP contribution in [-0.2, 0) is 0 Å². The predicted octanol–water partition coefficient (Wildman–Crippen LogP) is 3.60. The molecule has 0 saturated heterocycles. The van der Waals surface area contributed by atoms with Gasteiger partial charge in [-0.3, -0.25) is 9.78 Å². The molecule has 3 rings (SSSR count). The van der Waals surface area contributed by atoms with Gasteiger partial charge < -0.3 is 9.73 Å². The number of rotatable bonds is 4. The second-order valence-electron chi connectivity index (χ2n) is 4.94. The van der Waals surface area contributed by atoms with Gasteiger partial charge in [0.05, 0.1) is 18.0 Å². The molecule has 3 aromatic heterocycles. The molecule has 3 heterocycles. The zero-order chi connectivity index (χ0) is 15.5. The van der Waals surface area contributed by atoms with Crippen molar-refractivity contribution in [3.63, 3.8) is 0 Å². The van der Waals surface area contributed by atoms with Gasteiger partial charge in [-0.05, 0) is 32.0 Å². The molecule has 22 heavy (non-hydrogen) atoms. The molecule has 5 nitrogen and oxygen atoms in total. The van der Waals surface area contributed by atoms with Gasteiger partial charge in [-0.2, -0.15) is 0 Å². The first-order valence-electron chi connectivity index (χ1n) is 6.86. The lowest BCUT2D eigenvalue weighted by Gasteiger charge is -2.10. The number of pyridine rings is 1. The minimum absolute atomic E-state index is 0.188. The quantitative estimate of drug-likeness (QED) is 0.799. The molecule has 1 atom stereocenters. The number of nitrogens with zero attached hydrogens (tertiary/aromatic N) is 2. The van der Waals surface area contributed by atoms with Crippen molar-refractivity contribution in [1.29, 1.82) is 0 Å². The number of carbonyl (C=O) groups is 1. The van der Waals surface area contributed by atoms with Crippen LogP contribution < -0.4 is 5.32 Å². The maximum Gasteiger partial charge on any atom is 0.287 e. The van der Waals surface area contributed by atoms with Gasteiger partial charge in [-0.15, -0.1) is 11.3 Å². The summed E-state index contributed by atoms with van der Waals surface area (Å²) in [6.45, 7) is 3.75. The summed E-state index contributed by atoms with van der Waals surface area (Å²) in [7, 11) is 0. The smallest absolute Gasteiger partial charge is 0.287 e. The average Bonchev–Trinajstić information content (AvgIpc) is 3.17. The van der Waals surface area contributed by atoms with Gasteiger partial charge in [0.25, 0.3) is 5.91 Å². The van der Waals surface area contributed by atoms with Crippen molar-refractivity contribution in [2.75, 3.05) is 0 Å². The van der Waals surface area contributed by atoms with Crippen LogP contribution >= 0.6 is 11.3 Å². The van der Waals surface area contributed by atoms with E-state index in [2.05, 4.69) is 15.3 Å². The molecule has 0 unspecified atom stereocenters.